The summed E-state index contributed by atoms with van der Waals surface area (Å²) in [5, 5.41) is 0. The first-order chi connectivity index (χ1) is 10.6. The van der Waals surface area contributed by atoms with Crippen molar-refractivity contribution in [1.82, 2.24) is 0 Å². The fourth-order valence-electron chi connectivity index (χ4n) is 1.80. The maximum atomic E-state index is 11.7. The third kappa shape index (κ3) is 4.28. The molecule has 2 aromatic carbocycles. The molecule has 0 radical (unpaired) electrons. The molecule has 0 N–H and O–H groups in total. The van der Waals surface area contributed by atoms with Crippen LogP contribution in [0.3, 0.4) is 0 Å². The monoisotopic (exact) mass is 292 g/mol. The highest BCUT2D eigenvalue weighted by molar-refractivity contribution is 6.07. The zero-order valence-electron chi connectivity index (χ0n) is 12.3. The molecule has 22 heavy (non-hydrogen) atoms. The summed E-state index contributed by atoms with van der Waals surface area (Å²) >= 11 is 0. The molecular formula is C19H16O3. The molecule has 3 nitrogen and oxygen atoms in total. The van der Waals surface area contributed by atoms with Gasteiger partial charge in [0.15, 0.2) is 5.78 Å². The summed E-state index contributed by atoms with van der Waals surface area (Å²) in [6, 6.07) is 15.9. The van der Waals surface area contributed by atoms with E-state index in [1.54, 1.807) is 37.3 Å². The minimum Gasteiger partial charge on any atom is -0.423 e. The molecule has 0 heterocycles. The predicted octanol–water partition coefficient (Wildman–Crippen LogP) is 4.06. The Kier molecular flexibility index (Phi) is 5.04. The summed E-state index contributed by atoms with van der Waals surface area (Å²) in [5.41, 5.74) is 1.91. The number of allylic oxidation sites excluding steroid dienone is 1. The minimum atomic E-state index is -0.470. The average molecular weight is 292 g/mol. The Bertz CT molecular complexity index is 710. The third-order valence-corrected chi connectivity index (χ3v) is 2.93. The van der Waals surface area contributed by atoms with Crippen LogP contribution in [0.2, 0.25) is 0 Å². The Hall–Kier alpha value is -2.94. The van der Waals surface area contributed by atoms with Crippen LogP contribution in [0.1, 0.15) is 22.8 Å². The molecule has 0 atom stereocenters. The first-order valence-corrected chi connectivity index (χ1v) is 6.81. The highest BCUT2D eigenvalue weighted by Gasteiger charge is 2.07. The molecule has 0 saturated heterocycles. The first kappa shape index (κ1) is 15.4. The lowest BCUT2D eigenvalue weighted by atomic mass is 10.1. The number of hydrogen-bond acceptors (Lipinski definition) is 3. The number of carbonyl (C=O) groups excluding carboxylic acids is 2. The first-order valence-electron chi connectivity index (χ1n) is 6.81. The summed E-state index contributed by atoms with van der Waals surface area (Å²) in [6.45, 7) is 5.27. The van der Waals surface area contributed by atoms with Gasteiger partial charge in [0.1, 0.15) is 5.75 Å². The largest absolute Gasteiger partial charge is 0.423 e. The van der Waals surface area contributed by atoms with Crippen LogP contribution in [0.25, 0.3) is 6.08 Å². The standard InChI is InChI=1S/C19H16O3/c1-14(2)19(21)16-9-11-17(12-10-16)22-18(20)13-8-15-6-4-3-5-7-15/h3-13H,1H2,2H3. The lowest BCUT2D eigenvalue weighted by Crippen LogP contribution is -2.04. The van der Waals surface area contributed by atoms with E-state index in [2.05, 4.69) is 6.58 Å². The molecule has 0 aliphatic rings. The highest BCUT2D eigenvalue weighted by Crippen LogP contribution is 2.15. The number of ketones is 1. The van der Waals surface area contributed by atoms with Gasteiger partial charge in [-0.15, -0.1) is 0 Å². The lowest BCUT2D eigenvalue weighted by molar-refractivity contribution is -0.128. The Morgan fingerprint density at radius 3 is 2.23 bits per heavy atom. The quantitative estimate of drug-likeness (QED) is 0.361. The van der Waals surface area contributed by atoms with Gasteiger partial charge in [-0.2, -0.15) is 0 Å². The Labute approximate surface area is 129 Å². The molecule has 0 aliphatic heterocycles. The van der Waals surface area contributed by atoms with Crippen molar-refractivity contribution in [3.63, 3.8) is 0 Å². The van der Waals surface area contributed by atoms with Crippen LogP contribution in [-0.4, -0.2) is 11.8 Å². The summed E-state index contributed by atoms with van der Waals surface area (Å²) in [5.74, 6) is -0.203. The van der Waals surface area contributed by atoms with E-state index < -0.39 is 5.97 Å². The molecular weight excluding hydrogens is 276 g/mol. The van der Waals surface area contributed by atoms with Crippen LogP contribution >= 0.6 is 0 Å². The predicted molar refractivity (Wildman–Crippen MR) is 86.7 cm³/mol. The average Bonchev–Trinajstić information content (AvgIpc) is 2.54. The van der Waals surface area contributed by atoms with Crippen LogP contribution in [-0.2, 0) is 4.79 Å². The summed E-state index contributed by atoms with van der Waals surface area (Å²) < 4.78 is 5.17. The van der Waals surface area contributed by atoms with Crippen LogP contribution in [0.15, 0.2) is 72.8 Å². The fourth-order valence-corrected chi connectivity index (χ4v) is 1.80. The van der Waals surface area contributed by atoms with E-state index in [0.29, 0.717) is 16.9 Å². The molecule has 110 valence electrons. The van der Waals surface area contributed by atoms with Gasteiger partial charge in [0.2, 0.25) is 0 Å². The number of Topliss-reactive ketones (excluding diaryl/α,β-unsaturated/α-hetero) is 1. The maximum absolute atomic E-state index is 11.7. The van der Waals surface area contributed by atoms with Gasteiger partial charge in [0, 0.05) is 11.6 Å². The Morgan fingerprint density at radius 1 is 1.00 bits per heavy atom. The van der Waals surface area contributed by atoms with Gasteiger partial charge < -0.3 is 4.74 Å². The molecule has 0 bridgehead atoms. The van der Waals surface area contributed by atoms with E-state index in [0.717, 1.165) is 5.56 Å². The van der Waals surface area contributed by atoms with Crippen molar-refractivity contribution in [2.24, 2.45) is 0 Å². The number of esters is 1. The number of rotatable bonds is 5. The van der Waals surface area contributed by atoms with Crippen molar-refractivity contribution in [2.45, 2.75) is 6.92 Å². The van der Waals surface area contributed by atoms with Crippen molar-refractivity contribution in [3.05, 3.63) is 84.0 Å². The second-order valence-electron chi connectivity index (χ2n) is 4.80. The molecule has 0 saturated carbocycles. The van der Waals surface area contributed by atoms with Gasteiger partial charge in [-0.1, -0.05) is 36.9 Å². The van der Waals surface area contributed by atoms with E-state index in [9.17, 15) is 9.59 Å². The zero-order chi connectivity index (χ0) is 15.9. The highest BCUT2D eigenvalue weighted by atomic mass is 16.5. The van der Waals surface area contributed by atoms with Gasteiger partial charge >= 0.3 is 5.97 Å². The van der Waals surface area contributed by atoms with Crippen molar-refractivity contribution in [1.29, 1.82) is 0 Å². The SMILES string of the molecule is C=C(C)C(=O)c1ccc(OC(=O)C=Cc2ccccc2)cc1. The molecule has 0 unspecified atom stereocenters. The van der Waals surface area contributed by atoms with E-state index in [-0.39, 0.29) is 5.78 Å². The number of hydrogen-bond donors (Lipinski definition) is 0. The fraction of sp³-hybridized carbons (Fsp3) is 0.0526. The number of benzene rings is 2. The summed E-state index contributed by atoms with van der Waals surface area (Å²) in [6.07, 6.45) is 3.05. The van der Waals surface area contributed by atoms with E-state index in [1.807, 2.05) is 30.3 Å². The van der Waals surface area contributed by atoms with Gasteiger partial charge in [-0.25, -0.2) is 4.79 Å². The molecule has 0 fully saturated rings. The molecule has 3 heteroatoms. The van der Waals surface area contributed by atoms with E-state index >= 15 is 0 Å². The number of carbonyl (C=O) groups is 2. The Morgan fingerprint density at radius 2 is 1.64 bits per heavy atom. The van der Waals surface area contributed by atoms with Crippen molar-refractivity contribution in [2.75, 3.05) is 0 Å². The molecule has 0 spiro atoms. The van der Waals surface area contributed by atoms with Crippen LogP contribution < -0.4 is 4.74 Å². The van der Waals surface area contributed by atoms with E-state index in [1.165, 1.54) is 6.08 Å². The number of ether oxygens (including phenoxy) is 1. The van der Waals surface area contributed by atoms with Crippen LogP contribution in [0.4, 0.5) is 0 Å². The van der Waals surface area contributed by atoms with Crippen LogP contribution in [0.5, 0.6) is 5.75 Å². The normalized spacial score (nSPS) is 10.4. The summed E-state index contributed by atoms with van der Waals surface area (Å²) in [7, 11) is 0. The second-order valence-corrected chi connectivity index (χ2v) is 4.80. The second kappa shape index (κ2) is 7.18. The van der Waals surface area contributed by atoms with Gasteiger partial charge in [-0.3, -0.25) is 4.79 Å². The smallest absolute Gasteiger partial charge is 0.336 e. The van der Waals surface area contributed by atoms with Crippen LogP contribution in [0, 0.1) is 0 Å². The molecule has 2 aromatic rings. The zero-order valence-corrected chi connectivity index (χ0v) is 12.3. The topological polar surface area (TPSA) is 43.4 Å². The summed E-state index contributed by atoms with van der Waals surface area (Å²) in [4.78, 5) is 23.4. The van der Waals surface area contributed by atoms with Gasteiger partial charge in [0.05, 0.1) is 0 Å². The van der Waals surface area contributed by atoms with Gasteiger partial charge in [-0.05, 0) is 48.4 Å². The molecule has 0 aliphatic carbocycles. The maximum Gasteiger partial charge on any atom is 0.336 e. The lowest BCUT2D eigenvalue weighted by Gasteiger charge is -2.03. The molecule has 0 aromatic heterocycles. The van der Waals surface area contributed by atoms with Crippen molar-refractivity contribution >= 4 is 17.8 Å². The van der Waals surface area contributed by atoms with E-state index in [4.69, 9.17) is 4.74 Å². The molecule has 2 rings (SSSR count). The minimum absolute atomic E-state index is 0.123. The van der Waals surface area contributed by atoms with Crippen molar-refractivity contribution < 1.29 is 14.3 Å². The molecule has 0 amide bonds. The third-order valence-electron chi connectivity index (χ3n) is 2.93. The van der Waals surface area contributed by atoms with Gasteiger partial charge in [0.25, 0.3) is 0 Å². The van der Waals surface area contributed by atoms with Crippen molar-refractivity contribution in [3.8, 4) is 5.75 Å². The Balaban J connectivity index is 1.99.